The van der Waals surface area contributed by atoms with Crippen LogP contribution in [-0.4, -0.2) is 46.4 Å². The highest BCUT2D eigenvalue weighted by Crippen LogP contribution is 2.51. The van der Waals surface area contributed by atoms with E-state index in [1.807, 2.05) is 48.5 Å². The van der Waals surface area contributed by atoms with E-state index in [9.17, 15) is 19.3 Å². The Morgan fingerprint density at radius 2 is 1.68 bits per heavy atom. The number of amides is 2. The number of carbonyl (C=O) groups excluding carboxylic acids is 1. The first-order valence-electron chi connectivity index (χ1n) is 11.9. The summed E-state index contributed by atoms with van der Waals surface area (Å²) >= 11 is 0. The normalized spacial score (nSPS) is 22.7. The Morgan fingerprint density at radius 1 is 1.06 bits per heavy atom. The number of quaternary nitrogens is 1. The summed E-state index contributed by atoms with van der Waals surface area (Å²) in [4.78, 5) is 25.4. The molecule has 1 aliphatic rings. The molecule has 4 atom stereocenters. The molecule has 184 valence electrons. The Balaban J connectivity index is 1.69. The van der Waals surface area contributed by atoms with Crippen molar-refractivity contribution >= 4 is 19.6 Å². The van der Waals surface area contributed by atoms with E-state index in [2.05, 4.69) is 12.1 Å². The van der Waals surface area contributed by atoms with Gasteiger partial charge in [0.25, 0.3) is 0 Å². The van der Waals surface area contributed by atoms with Crippen LogP contribution in [0.5, 0.6) is 0 Å². The molecule has 2 amide bonds. The molecule has 1 heterocycles. The smallest absolute Gasteiger partial charge is 0.435 e. The van der Waals surface area contributed by atoms with Gasteiger partial charge in [0.15, 0.2) is 6.10 Å². The summed E-state index contributed by atoms with van der Waals surface area (Å²) in [7, 11) is -3.66. The van der Waals surface area contributed by atoms with Crippen molar-refractivity contribution in [1.82, 2.24) is 0 Å². The number of benzene rings is 2. The van der Waals surface area contributed by atoms with Gasteiger partial charge in [0.1, 0.15) is 6.04 Å². The molecule has 0 bridgehead atoms. The first kappa shape index (κ1) is 26.3. The predicted octanol–water partition coefficient (Wildman–Crippen LogP) is 6.03. The van der Waals surface area contributed by atoms with Crippen LogP contribution in [0.4, 0.5) is 4.79 Å². The van der Waals surface area contributed by atoms with Crippen molar-refractivity contribution in [1.29, 1.82) is 0 Å². The number of likely N-dealkylation sites (tertiary alicyclic amines) is 1. The fourth-order valence-electron chi connectivity index (χ4n) is 4.57. The van der Waals surface area contributed by atoms with E-state index >= 15 is 0 Å². The predicted molar refractivity (Wildman–Crippen MR) is 130 cm³/mol. The molecule has 0 aliphatic carbocycles. The maximum atomic E-state index is 13.7. The molecule has 2 aromatic carbocycles. The van der Waals surface area contributed by atoms with Crippen molar-refractivity contribution in [3.63, 3.8) is 0 Å². The minimum atomic E-state index is -3.66. The molecule has 8 heteroatoms. The van der Waals surface area contributed by atoms with Gasteiger partial charge in [-0.1, -0.05) is 60.7 Å². The standard InChI is InChI=1S/C26H34NO6P/c1-21-12-11-18-27(21,26(29)30)25(28)22(2)33-34(31,32-20-24-16-7-4-8-17-24)19-10-9-15-23-13-5-3-6-14-23/h3-8,13-14,16-17,21-22H,9-12,15,18-20H2,1-2H3/p+1/t21-,22+,27?,34?/m1/s1. The number of aryl methyl sites for hydroxylation is 1. The summed E-state index contributed by atoms with van der Waals surface area (Å²) in [5.74, 6) is -0.578. The van der Waals surface area contributed by atoms with Gasteiger partial charge in [-0.05, 0) is 44.2 Å². The first-order valence-corrected chi connectivity index (χ1v) is 13.6. The van der Waals surface area contributed by atoms with Crippen LogP contribution in [0.25, 0.3) is 0 Å². The molecule has 34 heavy (non-hydrogen) atoms. The van der Waals surface area contributed by atoms with Crippen molar-refractivity contribution in [2.45, 2.75) is 64.7 Å². The maximum absolute atomic E-state index is 13.7. The van der Waals surface area contributed by atoms with E-state index in [4.69, 9.17) is 9.05 Å². The molecule has 1 saturated heterocycles. The minimum Gasteiger partial charge on any atom is -0.435 e. The highest BCUT2D eigenvalue weighted by molar-refractivity contribution is 7.53. The van der Waals surface area contributed by atoms with Gasteiger partial charge in [-0.15, -0.1) is 0 Å². The zero-order valence-electron chi connectivity index (χ0n) is 20.0. The molecule has 1 fully saturated rings. The number of carbonyl (C=O) groups is 2. The van der Waals surface area contributed by atoms with Crippen LogP contribution < -0.4 is 0 Å². The SMILES string of the molecule is C[C@H](OP(=O)(CCCCc1ccccc1)OCc1ccccc1)C(=O)[N+]1(C(=O)O)CCC[C@H]1C. The molecular weight excluding hydrogens is 453 g/mol. The largest absolute Gasteiger partial charge is 0.521 e. The van der Waals surface area contributed by atoms with E-state index < -0.39 is 30.2 Å². The fourth-order valence-corrected chi connectivity index (χ4v) is 6.39. The molecule has 0 spiro atoms. The Bertz CT molecular complexity index is 999. The summed E-state index contributed by atoms with van der Waals surface area (Å²) in [5.41, 5.74) is 2.04. The third-order valence-electron chi connectivity index (χ3n) is 6.55. The molecule has 2 aromatic rings. The van der Waals surface area contributed by atoms with Gasteiger partial charge in [-0.2, -0.15) is 9.28 Å². The van der Waals surface area contributed by atoms with Crippen molar-refractivity contribution < 1.29 is 32.8 Å². The third-order valence-corrected chi connectivity index (χ3v) is 8.57. The lowest BCUT2D eigenvalue weighted by molar-refractivity contribution is -0.793. The van der Waals surface area contributed by atoms with Gasteiger partial charge in [-0.3, -0.25) is 9.09 Å². The topological polar surface area (TPSA) is 89.9 Å². The van der Waals surface area contributed by atoms with Crippen molar-refractivity contribution in [3.8, 4) is 0 Å². The summed E-state index contributed by atoms with van der Waals surface area (Å²) in [6.07, 6.45) is 1.33. The number of unbranched alkanes of at least 4 members (excludes halogenated alkanes) is 1. The van der Waals surface area contributed by atoms with Crippen LogP contribution in [0.15, 0.2) is 60.7 Å². The summed E-state index contributed by atoms with van der Waals surface area (Å²) in [5, 5.41) is 9.88. The Morgan fingerprint density at radius 3 is 2.24 bits per heavy atom. The van der Waals surface area contributed by atoms with Crippen LogP contribution in [0, 0.1) is 0 Å². The van der Waals surface area contributed by atoms with Gasteiger partial charge in [0.2, 0.25) is 0 Å². The maximum Gasteiger partial charge on any atom is 0.521 e. The average molecular weight is 489 g/mol. The van der Waals surface area contributed by atoms with Gasteiger partial charge in [-0.25, -0.2) is 4.79 Å². The molecule has 7 nitrogen and oxygen atoms in total. The molecule has 2 unspecified atom stereocenters. The molecule has 0 aromatic heterocycles. The molecule has 0 saturated carbocycles. The van der Waals surface area contributed by atoms with E-state index in [0.29, 0.717) is 19.3 Å². The van der Waals surface area contributed by atoms with Crippen LogP contribution in [0.1, 0.15) is 50.7 Å². The highest BCUT2D eigenvalue weighted by atomic mass is 31.2. The second-order valence-electron chi connectivity index (χ2n) is 8.99. The summed E-state index contributed by atoms with van der Waals surface area (Å²) in [6.45, 7) is 3.56. The van der Waals surface area contributed by atoms with E-state index in [-0.39, 0.29) is 25.4 Å². The van der Waals surface area contributed by atoms with E-state index in [0.717, 1.165) is 18.4 Å². The Hall–Kier alpha value is -2.31. The van der Waals surface area contributed by atoms with Gasteiger partial charge in [0.05, 0.1) is 19.3 Å². The van der Waals surface area contributed by atoms with Crippen molar-refractivity contribution in [3.05, 3.63) is 71.8 Å². The number of carboxylic acid groups (broad SMARTS) is 1. The Kier molecular flexibility index (Phi) is 9.20. The lowest BCUT2D eigenvalue weighted by Crippen LogP contribution is -2.61. The molecule has 3 rings (SSSR count). The van der Waals surface area contributed by atoms with Gasteiger partial charge in [0, 0.05) is 12.8 Å². The van der Waals surface area contributed by atoms with Crippen LogP contribution in [-0.2, 0) is 31.4 Å². The molecular formula is C26H35NO6P+. The number of rotatable bonds is 11. The second-order valence-corrected chi connectivity index (χ2v) is 11.1. The van der Waals surface area contributed by atoms with Gasteiger partial charge < -0.3 is 9.63 Å². The Labute approximate surface area is 201 Å². The molecule has 1 N–H and O–H groups in total. The highest BCUT2D eigenvalue weighted by Gasteiger charge is 2.55. The summed E-state index contributed by atoms with van der Waals surface area (Å²) in [6, 6.07) is 19.0. The van der Waals surface area contributed by atoms with Crippen molar-refractivity contribution in [2.24, 2.45) is 0 Å². The van der Waals surface area contributed by atoms with E-state index in [1.165, 1.54) is 12.5 Å². The monoisotopic (exact) mass is 488 g/mol. The zero-order chi connectivity index (χ0) is 24.6. The second kappa shape index (κ2) is 11.9. The minimum absolute atomic E-state index is 0.0903. The number of hydrogen-bond donors (Lipinski definition) is 1. The lowest BCUT2D eigenvalue weighted by atomic mass is 10.1. The van der Waals surface area contributed by atoms with Crippen LogP contribution in [0.3, 0.4) is 0 Å². The number of nitrogens with zero attached hydrogens (tertiary/aromatic N) is 1. The molecule has 0 radical (unpaired) electrons. The average Bonchev–Trinajstić information content (AvgIpc) is 3.24. The number of hydrogen-bond acceptors (Lipinski definition) is 5. The summed E-state index contributed by atoms with van der Waals surface area (Å²) < 4.78 is 24.7. The van der Waals surface area contributed by atoms with Crippen LogP contribution >= 0.6 is 7.60 Å². The van der Waals surface area contributed by atoms with Gasteiger partial charge >= 0.3 is 19.6 Å². The van der Waals surface area contributed by atoms with Crippen molar-refractivity contribution in [2.75, 3.05) is 12.7 Å². The van der Waals surface area contributed by atoms with Crippen LogP contribution in [0.2, 0.25) is 0 Å². The molecule has 1 aliphatic heterocycles. The fraction of sp³-hybridized carbons (Fsp3) is 0.462. The first-order chi connectivity index (χ1) is 16.3. The number of imide groups is 1. The lowest BCUT2D eigenvalue weighted by Gasteiger charge is -2.32. The van der Waals surface area contributed by atoms with E-state index in [1.54, 1.807) is 6.92 Å². The quantitative estimate of drug-likeness (QED) is 0.236. The zero-order valence-corrected chi connectivity index (χ0v) is 20.9. The third kappa shape index (κ3) is 6.42.